The van der Waals surface area contributed by atoms with E-state index < -0.39 is 11.0 Å². The fourth-order valence-corrected chi connectivity index (χ4v) is 7.19. The van der Waals surface area contributed by atoms with E-state index in [1.54, 1.807) is 14.2 Å². The van der Waals surface area contributed by atoms with Crippen LogP contribution in [0.25, 0.3) is 0 Å². The zero-order valence-corrected chi connectivity index (χ0v) is 23.7. The summed E-state index contributed by atoms with van der Waals surface area (Å²) in [4.78, 5) is 2.33. The molecule has 1 unspecified atom stereocenters. The first-order valence-corrected chi connectivity index (χ1v) is 14.3. The van der Waals surface area contributed by atoms with Crippen LogP contribution in [0.2, 0.25) is 0 Å². The average Bonchev–Trinajstić information content (AvgIpc) is 3.29. The highest BCUT2D eigenvalue weighted by molar-refractivity contribution is 5.62. The van der Waals surface area contributed by atoms with Crippen molar-refractivity contribution in [3.05, 3.63) is 23.3 Å². The number of hydrogen-bond acceptors (Lipinski definition) is 10. The van der Waals surface area contributed by atoms with Gasteiger partial charge in [0.05, 0.1) is 90.3 Å². The first-order chi connectivity index (χ1) is 19.1. The Morgan fingerprint density at radius 2 is 1.54 bits per heavy atom. The quantitative estimate of drug-likeness (QED) is 0.288. The number of hydrogen-bond donors (Lipinski definition) is 1. The fourth-order valence-electron chi connectivity index (χ4n) is 7.19. The van der Waals surface area contributed by atoms with E-state index in [0.29, 0.717) is 72.5 Å². The Bertz CT molecular complexity index is 948. The van der Waals surface area contributed by atoms with Gasteiger partial charge in [-0.1, -0.05) is 6.07 Å². The number of methoxy groups -OCH3 is 2. The Hall–Kier alpha value is -1.50. The normalized spacial score (nSPS) is 30.7. The van der Waals surface area contributed by atoms with E-state index >= 15 is 0 Å². The van der Waals surface area contributed by atoms with Crippen LogP contribution >= 0.6 is 0 Å². The zero-order valence-electron chi connectivity index (χ0n) is 23.7. The van der Waals surface area contributed by atoms with Crippen molar-refractivity contribution >= 4 is 0 Å². The van der Waals surface area contributed by atoms with Crippen LogP contribution < -0.4 is 9.47 Å². The molecule has 2 bridgehead atoms. The van der Waals surface area contributed by atoms with Crippen LogP contribution in [0.4, 0.5) is 0 Å². The van der Waals surface area contributed by atoms with Crippen LogP contribution in [-0.2, 0) is 40.3 Å². The maximum absolute atomic E-state index is 12.3. The summed E-state index contributed by atoms with van der Waals surface area (Å²) in [5.41, 5.74) is 1.10. The van der Waals surface area contributed by atoms with E-state index in [9.17, 15) is 5.11 Å². The van der Waals surface area contributed by atoms with Gasteiger partial charge in [0.15, 0.2) is 11.5 Å². The summed E-state index contributed by atoms with van der Waals surface area (Å²) in [5.74, 6) is 1.54. The predicted octanol–water partition coefficient (Wildman–Crippen LogP) is 1.58. The maximum Gasteiger partial charge on any atom is 0.166 e. The number of rotatable bonds is 17. The largest absolute Gasteiger partial charge is 0.493 e. The molecule has 220 valence electrons. The molecule has 2 aliphatic heterocycles. The van der Waals surface area contributed by atoms with Crippen LogP contribution in [-0.4, -0.2) is 128 Å². The summed E-state index contributed by atoms with van der Waals surface area (Å²) in [6.45, 7) is 6.19. The van der Waals surface area contributed by atoms with E-state index in [1.807, 2.05) is 6.07 Å². The van der Waals surface area contributed by atoms with Gasteiger partial charge in [0.25, 0.3) is 0 Å². The molecule has 1 saturated carbocycles. The molecule has 1 spiro atoms. The Morgan fingerprint density at radius 1 is 0.897 bits per heavy atom. The van der Waals surface area contributed by atoms with Crippen LogP contribution in [0.5, 0.6) is 11.5 Å². The fraction of sp³-hybridized carbons (Fsp3) is 0.793. The van der Waals surface area contributed by atoms with Crippen molar-refractivity contribution in [2.45, 2.75) is 54.9 Å². The minimum Gasteiger partial charge on any atom is -0.493 e. The third-order valence-corrected chi connectivity index (χ3v) is 8.99. The summed E-state index contributed by atoms with van der Waals surface area (Å²) in [6.07, 6.45) is 2.75. The van der Waals surface area contributed by atoms with Crippen molar-refractivity contribution in [3.63, 3.8) is 0 Å². The lowest BCUT2D eigenvalue weighted by Gasteiger charge is -2.63. The van der Waals surface area contributed by atoms with Gasteiger partial charge in [0.1, 0.15) is 6.10 Å². The Kier molecular flexibility index (Phi) is 9.66. The van der Waals surface area contributed by atoms with Crippen molar-refractivity contribution in [2.24, 2.45) is 0 Å². The Morgan fingerprint density at radius 3 is 2.18 bits per heavy atom. The minimum absolute atomic E-state index is 0.0770. The van der Waals surface area contributed by atoms with E-state index in [2.05, 4.69) is 18.0 Å². The highest BCUT2D eigenvalue weighted by Crippen LogP contribution is 2.65. The van der Waals surface area contributed by atoms with E-state index in [-0.39, 0.29) is 18.2 Å². The van der Waals surface area contributed by atoms with Crippen LogP contribution in [0.3, 0.4) is 0 Å². The van der Waals surface area contributed by atoms with Crippen molar-refractivity contribution in [2.75, 3.05) is 93.9 Å². The molecule has 1 N–H and O–H groups in total. The first-order valence-electron chi connectivity index (χ1n) is 14.3. The van der Waals surface area contributed by atoms with Gasteiger partial charge in [-0.05, 0) is 50.9 Å². The SMILES string of the molecule is COCCOCCOCCOCCOCCO[C@H]1CC[C@@]2(O)C3Cc4ccc(OC)c5c4[C@@]2(CCN3C)[C@H]1O5. The van der Waals surface area contributed by atoms with Crippen molar-refractivity contribution in [3.8, 4) is 11.5 Å². The summed E-state index contributed by atoms with van der Waals surface area (Å²) < 4.78 is 45.8. The van der Waals surface area contributed by atoms with Gasteiger partial charge < -0.3 is 47.9 Å². The Labute approximate surface area is 231 Å². The molecule has 2 heterocycles. The molecule has 1 saturated heterocycles. The topological polar surface area (TPSA) is 97.3 Å². The zero-order chi connectivity index (χ0) is 27.3. The number of piperidine rings is 1. The average molecular weight is 552 g/mol. The lowest BCUT2D eigenvalue weighted by Crippen LogP contribution is -2.76. The molecule has 39 heavy (non-hydrogen) atoms. The van der Waals surface area contributed by atoms with Gasteiger partial charge in [-0.2, -0.15) is 0 Å². The molecule has 0 aromatic heterocycles. The minimum atomic E-state index is -0.844. The van der Waals surface area contributed by atoms with Crippen LogP contribution in [0.1, 0.15) is 30.4 Å². The number of likely N-dealkylation sites (tertiary alicyclic amines) is 1. The lowest BCUT2D eigenvalue weighted by atomic mass is 9.48. The summed E-state index contributed by atoms with van der Waals surface area (Å²) in [7, 11) is 5.46. The van der Waals surface area contributed by atoms with Crippen molar-refractivity contribution < 1.29 is 43.0 Å². The second-order valence-corrected chi connectivity index (χ2v) is 10.9. The number of ether oxygens (including phenoxy) is 8. The highest BCUT2D eigenvalue weighted by Gasteiger charge is 2.72. The number of benzene rings is 1. The molecule has 1 aromatic rings. The van der Waals surface area contributed by atoms with Gasteiger partial charge >= 0.3 is 0 Å². The highest BCUT2D eigenvalue weighted by atomic mass is 16.6. The van der Waals surface area contributed by atoms with E-state index in [0.717, 1.165) is 42.9 Å². The third-order valence-electron chi connectivity index (χ3n) is 8.99. The van der Waals surface area contributed by atoms with Gasteiger partial charge in [0, 0.05) is 18.7 Å². The molecular formula is C29H45NO9. The molecule has 5 atom stereocenters. The molecule has 10 nitrogen and oxygen atoms in total. The molecule has 10 heteroatoms. The molecule has 5 rings (SSSR count). The second kappa shape index (κ2) is 13.0. The molecule has 0 amide bonds. The lowest BCUT2D eigenvalue weighted by molar-refractivity contribution is -0.213. The maximum atomic E-state index is 12.3. The first kappa shape index (κ1) is 29.0. The van der Waals surface area contributed by atoms with Crippen LogP contribution in [0.15, 0.2) is 12.1 Å². The summed E-state index contributed by atoms with van der Waals surface area (Å²) >= 11 is 0. The van der Waals surface area contributed by atoms with Gasteiger partial charge in [-0.15, -0.1) is 0 Å². The standard InChI is InChI=1S/C29H45NO9/c1-30-9-8-28-25-21-4-5-22(33-3)26(25)39-27(28)23(6-7-29(28,31)24(30)20-21)38-19-18-37-17-16-36-15-14-35-13-12-34-11-10-32-2/h4-5,23-24,27,31H,6-20H2,1-3H3/t23-,24?,27-,28-,29+/m0/s1. The molecule has 0 radical (unpaired) electrons. The number of aliphatic hydroxyl groups is 1. The monoisotopic (exact) mass is 551 g/mol. The van der Waals surface area contributed by atoms with E-state index in [1.165, 1.54) is 5.56 Å². The molecule has 2 aliphatic carbocycles. The Balaban J connectivity index is 1.07. The van der Waals surface area contributed by atoms with Crippen LogP contribution in [0, 0.1) is 0 Å². The predicted molar refractivity (Wildman–Crippen MR) is 143 cm³/mol. The number of likely N-dealkylation sites (N-methyl/N-ethyl adjacent to an activating group) is 1. The van der Waals surface area contributed by atoms with Crippen molar-refractivity contribution in [1.82, 2.24) is 4.90 Å². The molecular weight excluding hydrogens is 506 g/mol. The number of nitrogens with zero attached hydrogens (tertiary/aromatic N) is 1. The van der Waals surface area contributed by atoms with Gasteiger partial charge in [-0.3, -0.25) is 0 Å². The van der Waals surface area contributed by atoms with Crippen molar-refractivity contribution in [1.29, 1.82) is 0 Å². The smallest absolute Gasteiger partial charge is 0.166 e. The second-order valence-electron chi connectivity index (χ2n) is 10.9. The third kappa shape index (κ3) is 5.42. The molecule has 2 fully saturated rings. The van der Waals surface area contributed by atoms with E-state index in [4.69, 9.17) is 37.9 Å². The summed E-state index contributed by atoms with van der Waals surface area (Å²) in [6, 6.07) is 4.23. The molecule has 4 aliphatic rings. The summed E-state index contributed by atoms with van der Waals surface area (Å²) in [5, 5.41) is 12.3. The van der Waals surface area contributed by atoms with Gasteiger partial charge in [-0.25, -0.2) is 0 Å². The van der Waals surface area contributed by atoms with Gasteiger partial charge in [0.2, 0.25) is 0 Å². The molecule has 1 aromatic carbocycles.